The molecule has 0 aliphatic heterocycles. The highest BCUT2D eigenvalue weighted by atomic mass is 19.1. The number of halogens is 2. The predicted octanol–water partition coefficient (Wildman–Crippen LogP) is 2.61. The van der Waals surface area contributed by atoms with Crippen LogP contribution in [0.5, 0.6) is 0 Å². The second-order valence-corrected chi connectivity index (χ2v) is 4.72. The molecule has 106 valence electrons. The lowest BCUT2D eigenvalue weighted by atomic mass is 10.0. The van der Waals surface area contributed by atoms with E-state index in [0.29, 0.717) is 6.42 Å². The molecule has 0 aromatic heterocycles. The number of amides is 1. The van der Waals surface area contributed by atoms with E-state index in [4.69, 9.17) is 5.73 Å². The largest absolute Gasteiger partial charge is 0.339 e. The molecule has 5 heteroatoms. The van der Waals surface area contributed by atoms with Crippen LogP contribution in [0.4, 0.5) is 8.78 Å². The first-order chi connectivity index (χ1) is 8.86. The van der Waals surface area contributed by atoms with Crippen molar-refractivity contribution in [2.45, 2.75) is 38.8 Å². The van der Waals surface area contributed by atoms with Crippen LogP contribution in [0.1, 0.15) is 38.3 Å². The van der Waals surface area contributed by atoms with E-state index in [2.05, 4.69) is 0 Å². The average Bonchev–Trinajstić information content (AvgIpc) is 2.39. The second-order valence-electron chi connectivity index (χ2n) is 4.72. The minimum atomic E-state index is -0.535. The van der Waals surface area contributed by atoms with Gasteiger partial charge in [-0.2, -0.15) is 0 Å². The molecule has 0 spiro atoms. The molecule has 2 N–H and O–H groups in total. The molecule has 0 heterocycles. The summed E-state index contributed by atoms with van der Waals surface area (Å²) < 4.78 is 26.8. The third-order valence-electron chi connectivity index (χ3n) is 3.34. The number of nitrogens with two attached hydrogens (primary N) is 1. The number of carbonyl (C=O) groups excluding carboxylic acids is 1. The van der Waals surface area contributed by atoms with Gasteiger partial charge in [0.05, 0.1) is 6.04 Å². The summed E-state index contributed by atoms with van der Waals surface area (Å²) in [4.78, 5) is 13.3. The van der Waals surface area contributed by atoms with Crippen molar-refractivity contribution in [3.05, 3.63) is 35.4 Å². The molecule has 0 aliphatic rings. The molecule has 0 bridgehead atoms. The minimum absolute atomic E-state index is 0.168. The zero-order valence-corrected chi connectivity index (χ0v) is 11.5. The monoisotopic (exact) mass is 270 g/mol. The van der Waals surface area contributed by atoms with Gasteiger partial charge in [-0.3, -0.25) is 4.79 Å². The molecule has 2 unspecified atom stereocenters. The Bertz CT molecular complexity index is 451. The van der Waals surface area contributed by atoms with Gasteiger partial charge in [0.2, 0.25) is 5.91 Å². The van der Waals surface area contributed by atoms with Gasteiger partial charge in [-0.05, 0) is 31.5 Å². The Morgan fingerprint density at radius 3 is 2.63 bits per heavy atom. The average molecular weight is 270 g/mol. The topological polar surface area (TPSA) is 46.3 Å². The molecule has 19 heavy (non-hydrogen) atoms. The normalized spacial score (nSPS) is 14.0. The van der Waals surface area contributed by atoms with Crippen LogP contribution >= 0.6 is 0 Å². The van der Waals surface area contributed by atoms with Crippen LogP contribution in [-0.2, 0) is 4.79 Å². The maximum absolute atomic E-state index is 13.6. The molecular formula is C14H20F2N2O. The van der Waals surface area contributed by atoms with Gasteiger partial charge in [0.25, 0.3) is 0 Å². The lowest BCUT2D eigenvalue weighted by Crippen LogP contribution is -2.35. The van der Waals surface area contributed by atoms with Crippen molar-refractivity contribution in [1.82, 2.24) is 4.90 Å². The predicted molar refractivity (Wildman–Crippen MR) is 70.4 cm³/mol. The summed E-state index contributed by atoms with van der Waals surface area (Å²) in [7, 11) is 1.57. The Kier molecular flexibility index (Phi) is 5.42. The summed E-state index contributed by atoms with van der Waals surface area (Å²) in [5, 5.41) is 0. The van der Waals surface area contributed by atoms with Gasteiger partial charge >= 0.3 is 0 Å². The fourth-order valence-electron chi connectivity index (χ4n) is 1.77. The van der Waals surface area contributed by atoms with Gasteiger partial charge in [0.1, 0.15) is 11.6 Å². The minimum Gasteiger partial charge on any atom is -0.339 e. The Morgan fingerprint density at radius 1 is 1.42 bits per heavy atom. The van der Waals surface area contributed by atoms with Gasteiger partial charge < -0.3 is 10.6 Å². The van der Waals surface area contributed by atoms with Gasteiger partial charge in [-0.15, -0.1) is 0 Å². The van der Waals surface area contributed by atoms with Crippen molar-refractivity contribution in [1.29, 1.82) is 0 Å². The van der Waals surface area contributed by atoms with Crippen molar-refractivity contribution in [2.24, 2.45) is 5.73 Å². The van der Waals surface area contributed by atoms with Crippen LogP contribution in [0.15, 0.2) is 18.2 Å². The summed E-state index contributed by atoms with van der Waals surface area (Å²) in [6.07, 6.45) is 0.899. The van der Waals surface area contributed by atoms with Crippen LogP contribution in [0, 0.1) is 11.6 Å². The Labute approximate surface area is 112 Å². The summed E-state index contributed by atoms with van der Waals surface area (Å²) in [5.74, 6) is -1.21. The highest BCUT2D eigenvalue weighted by Gasteiger charge is 2.21. The summed E-state index contributed by atoms with van der Waals surface area (Å²) in [6, 6.07) is 2.49. The molecular weight excluding hydrogens is 250 g/mol. The van der Waals surface area contributed by atoms with Crippen LogP contribution in [0.2, 0.25) is 0 Å². The van der Waals surface area contributed by atoms with E-state index < -0.39 is 17.7 Å². The molecule has 1 aromatic rings. The van der Waals surface area contributed by atoms with Crippen LogP contribution in [0.25, 0.3) is 0 Å². The third kappa shape index (κ3) is 3.99. The summed E-state index contributed by atoms with van der Waals surface area (Å²) in [6.45, 7) is 3.56. The Hall–Kier alpha value is -1.49. The molecule has 2 atom stereocenters. The Balaban J connectivity index is 2.84. The number of benzene rings is 1. The molecule has 0 saturated carbocycles. The zero-order chi connectivity index (χ0) is 14.6. The first kappa shape index (κ1) is 15.6. The van der Waals surface area contributed by atoms with Gasteiger partial charge in [0.15, 0.2) is 0 Å². The van der Waals surface area contributed by atoms with Gasteiger partial charge in [0, 0.05) is 25.1 Å². The molecule has 0 saturated heterocycles. The number of hydrogen-bond donors (Lipinski definition) is 1. The standard InChI is InChI=1S/C14H20F2N2O/c1-4-11(17)8-14(19)18(3)9(2)12-7-10(15)5-6-13(12)16/h5-7,9,11H,4,8,17H2,1-3H3. The number of nitrogens with zero attached hydrogens (tertiary/aromatic N) is 1. The molecule has 1 rings (SSSR count). The van der Waals surface area contributed by atoms with E-state index >= 15 is 0 Å². The maximum Gasteiger partial charge on any atom is 0.224 e. The molecule has 0 aliphatic carbocycles. The van der Waals surface area contributed by atoms with Gasteiger partial charge in [-0.25, -0.2) is 8.78 Å². The van der Waals surface area contributed by atoms with E-state index in [1.165, 1.54) is 4.90 Å². The van der Waals surface area contributed by atoms with E-state index in [-0.39, 0.29) is 23.9 Å². The molecule has 0 radical (unpaired) electrons. The van der Waals surface area contributed by atoms with Crippen molar-refractivity contribution >= 4 is 5.91 Å². The highest BCUT2D eigenvalue weighted by Crippen LogP contribution is 2.23. The van der Waals surface area contributed by atoms with E-state index in [0.717, 1.165) is 18.2 Å². The summed E-state index contributed by atoms with van der Waals surface area (Å²) >= 11 is 0. The van der Waals surface area contributed by atoms with E-state index in [9.17, 15) is 13.6 Å². The van der Waals surface area contributed by atoms with E-state index in [1.807, 2.05) is 6.92 Å². The van der Waals surface area contributed by atoms with Crippen molar-refractivity contribution < 1.29 is 13.6 Å². The van der Waals surface area contributed by atoms with E-state index in [1.54, 1.807) is 14.0 Å². The zero-order valence-electron chi connectivity index (χ0n) is 11.5. The fraction of sp³-hybridized carbons (Fsp3) is 0.500. The number of hydrogen-bond acceptors (Lipinski definition) is 2. The van der Waals surface area contributed by atoms with Gasteiger partial charge in [-0.1, -0.05) is 6.92 Å². The maximum atomic E-state index is 13.6. The van der Waals surface area contributed by atoms with Crippen molar-refractivity contribution in [3.63, 3.8) is 0 Å². The van der Waals surface area contributed by atoms with Crippen LogP contribution < -0.4 is 5.73 Å². The quantitative estimate of drug-likeness (QED) is 0.894. The number of carbonyl (C=O) groups is 1. The first-order valence-corrected chi connectivity index (χ1v) is 6.33. The SMILES string of the molecule is CCC(N)CC(=O)N(C)C(C)c1cc(F)ccc1F. The second kappa shape index (κ2) is 6.61. The fourth-order valence-corrected chi connectivity index (χ4v) is 1.77. The lowest BCUT2D eigenvalue weighted by Gasteiger charge is -2.26. The molecule has 1 aromatic carbocycles. The third-order valence-corrected chi connectivity index (χ3v) is 3.34. The number of rotatable bonds is 5. The smallest absolute Gasteiger partial charge is 0.224 e. The van der Waals surface area contributed by atoms with Crippen LogP contribution in [0.3, 0.4) is 0 Å². The molecule has 0 fully saturated rings. The summed E-state index contributed by atoms with van der Waals surface area (Å²) in [5.41, 5.74) is 5.89. The molecule has 1 amide bonds. The van der Waals surface area contributed by atoms with Crippen LogP contribution in [-0.4, -0.2) is 23.9 Å². The first-order valence-electron chi connectivity index (χ1n) is 6.33. The van der Waals surface area contributed by atoms with Crippen molar-refractivity contribution in [3.8, 4) is 0 Å². The lowest BCUT2D eigenvalue weighted by molar-refractivity contribution is -0.132. The Morgan fingerprint density at radius 2 is 2.05 bits per heavy atom. The molecule has 3 nitrogen and oxygen atoms in total. The van der Waals surface area contributed by atoms with Crippen molar-refractivity contribution in [2.75, 3.05) is 7.05 Å². The highest BCUT2D eigenvalue weighted by molar-refractivity contribution is 5.77.